The lowest BCUT2D eigenvalue weighted by Gasteiger charge is -2.09. The Morgan fingerprint density at radius 2 is 1.59 bits per heavy atom. The van der Waals surface area contributed by atoms with Crippen LogP contribution in [0.2, 0.25) is 0 Å². The Kier molecular flexibility index (Phi) is 3.81. The van der Waals surface area contributed by atoms with Gasteiger partial charge in [-0.3, -0.25) is 9.98 Å². The van der Waals surface area contributed by atoms with Crippen molar-refractivity contribution in [1.82, 2.24) is 10.6 Å². The van der Waals surface area contributed by atoms with Crippen LogP contribution >= 0.6 is 0 Å². The molecule has 3 heterocycles. The van der Waals surface area contributed by atoms with E-state index in [9.17, 15) is 0 Å². The maximum atomic E-state index is 6.13. The normalized spacial score (nSPS) is 16.0. The van der Waals surface area contributed by atoms with E-state index in [1.54, 1.807) is 7.11 Å². The molecule has 6 nitrogen and oxygen atoms in total. The number of aliphatic imine (C=N–C) groups is 2. The highest BCUT2D eigenvalue weighted by atomic mass is 16.5. The molecule has 0 radical (unpaired) electrons. The van der Waals surface area contributed by atoms with Gasteiger partial charge in [0.05, 0.1) is 25.8 Å². The lowest BCUT2D eigenvalue weighted by molar-refractivity contribution is 0.415. The monoisotopic (exact) mass is 360 g/mol. The van der Waals surface area contributed by atoms with Crippen molar-refractivity contribution >= 4 is 22.6 Å². The van der Waals surface area contributed by atoms with Gasteiger partial charge in [0.1, 0.15) is 28.8 Å². The van der Waals surface area contributed by atoms with Gasteiger partial charge in [-0.2, -0.15) is 0 Å². The fourth-order valence-corrected chi connectivity index (χ4v) is 3.55. The van der Waals surface area contributed by atoms with Gasteiger partial charge in [-0.15, -0.1) is 0 Å². The van der Waals surface area contributed by atoms with Gasteiger partial charge in [0.25, 0.3) is 0 Å². The molecule has 1 aromatic heterocycles. The Hall–Kier alpha value is -3.28. The minimum atomic E-state index is 0.776. The molecular weight excluding hydrogens is 340 g/mol. The SMILES string of the molecule is COc1ccc(C2=NCCN2)cc1-c1cc2cc(C3=NCCN3)ccc2o1. The van der Waals surface area contributed by atoms with E-state index < -0.39 is 0 Å². The molecule has 136 valence electrons. The molecule has 0 aliphatic carbocycles. The summed E-state index contributed by atoms with van der Waals surface area (Å²) in [5.41, 5.74) is 3.88. The molecule has 2 aliphatic rings. The van der Waals surface area contributed by atoms with E-state index in [0.29, 0.717) is 0 Å². The first-order chi connectivity index (χ1) is 13.3. The lowest BCUT2D eigenvalue weighted by atomic mass is 10.1. The van der Waals surface area contributed by atoms with Crippen molar-refractivity contribution in [3.63, 3.8) is 0 Å². The molecule has 0 amide bonds. The van der Waals surface area contributed by atoms with Crippen LogP contribution < -0.4 is 15.4 Å². The van der Waals surface area contributed by atoms with Gasteiger partial charge >= 0.3 is 0 Å². The Morgan fingerprint density at radius 1 is 0.889 bits per heavy atom. The van der Waals surface area contributed by atoms with Crippen molar-refractivity contribution < 1.29 is 9.15 Å². The van der Waals surface area contributed by atoms with E-state index in [4.69, 9.17) is 9.15 Å². The average molecular weight is 360 g/mol. The zero-order valence-corrected chi connectivity index (χ0v) is 15.1. The maximum absolute atomic E-state index is 6.13. The zero-order chi connectivity index (χ0) is 18.2. The number of nitrogens with one attached hydrogen (secondary N) is 2. The fourth-order valence-electron chi connectivity index (χ4n) is 3.55. The van der Waals surface area contributed by atoms with Gasteiger partial charge in [-0.1, -0.05) is 0 Å². The van der Waals surface area contributed by atoms with Gasteiger partial charge in [-0.05, 0) is 42.5 Å². The summed E-state index contributed by atoms with van der Waals surface area (Å²) in [4.78, 5) is 9.00. The number of nitrogens with zero attached hydrogens (tertiary/aromatic N) is 2. The lowest BCUT2D eigenvalue weighted by Crippen LogP contribution is -2.19. The van der Waals surface area contributed by atoms with Crippen LogP contribution in [0.4, 0.5) is 0 Å². The molecule has 3 aromatic rings. The molecule has 0 atom stereocenters. The number of ether oxygens (including phenoxy) is 1. The third-order valence-electron chi connectivity index (χ3n) is 4.88. The van der Waals surface area contributed by atoms with Crippen LogP contribution in [-0.4, -0.2) is 45.0 Å². The summed E-state index contributed by atoms with van der Waals surface area (Å²) in [6, 6.07) is 14.2. The van der Waals surface area contributed by atoms with Crippen molar-refractivity contribution in [3.8, 4) is 17.1 Å². The van der Waals surface area contributed by atoms with E-state index in [-0.39, 0.29) is 0 Å². The van der Waals surface area contributed by atoms with Crippen molar-refractivity contribution in [2.24, 2.45) is 9.98 Å². The van der Waals surface area contributed by atoms with Crippen LogP contribution in [-0.2, 0) is 0 Å². The van der Waals surface area contributed by atoms with E-state index in [1.165, 1.54) is 0 Å². The second kappa shape index (κ2) is 6.46. The first-order valence-electron chi connectivity index (χ1n) is 9.11. The van der Waals surface area contributed by atoms with Gasteiger partial charge in [-0.25, -0.2) is 0 Å². The predicted molar refractivity (Wildman–Crippen MR) is 107 cm³/mol. The molecule has 2 aliphatic heterocycles. The maximum Gasteiger partial charge on any atom is 0.139 e. The Balaban J connectivity index is 1.58. The Morgan fingerprint density at radius 3 is 2.26 bits per heavy atom. The number of fused-ring (bicyclic) bond motifs is 1. The van der Waals surface area contributed by atoms with Gasteiger partial charge in [0, 0.05) is 29.6 Å². The highest BCUT2D eigenvalue weighted by molar-refractivity contribution is 6.03. The number of benzene rings is 2. The van der Waals surface area contributed by atoms with Crippen LogP contribution in [0.5, 0.6) is 5.75 Å². The van der Waals surface area contributed by atoms with Crippen molar-refractivity contribution in [2.45, 2.75) is 0 Å². The predicted octanol–water partition coefficient (Wildman–Crippen LogP) is 2.81. The fraction of sp³-hybridized carbons (Fsp3) is 0.238. The molecule has 2 aromatic carbocycles. The summed E-state index contributed by atoms with van der Waals surface area (Å²) >= 11 is 0. The minimum absolute atomic E-state index is 0.776. The third-order valence-corrected chi connectivity index (χ3v) is 4.88. The van der Waals surface area contributed by atoms with Crippen molar-refractivity contribution in [3.05, 3.63) is 53.6 Å². The van der Waals surface area contributed by atoms with Crippen LogP contribution in [0.1, 0.15) is 11.1 Å². The summed E-state index contributed by atoms with van der Waals surface area (Å²) in [5, 5.41) is 7.67. The highest BCUT2D eigenvalue weighted by Crippen LogP contribution is 2.35. The molecule has 27 heavy (non-hydrogen) atoms. The van der Waals surface area contributed by atoms with Gasteiger partial charge < -0.3 is 19.8 Å². The minimum Gasteiger partial charge on any atom is -0.496 e. The van der Waals surface area contributed by atoms with Crippen LogP contribution in [0.3, 0.4) is 0 Å². The summed E-state index contributed by atoms with van der Waals surface area (Å²) < 4.78 is 11.7. The van der Waals surface area contributed by atoms with Crippen LogP contribution in [0.15, 0.2) is 56.9 Å². The molecule has 6 heteroatoms. The van der Waals surface area contributed by atoms with Crippen molar-refractivity contribution in [2.75, 3.05) is 33.3 Å². The molecule has 5 rings (SSSR count). The standard InChI is InChI=1S/C21H20N4O2/c1-26-18-5-3-14(21-24-8-9-25-21)11-16(18)19-12-15-10-13(2-4-17(15)27-19)20-22-6-7-23-20/h2-5,10-12H,6-9H2,1H3,(H,22,23)(H,24,25). The summed E-state index contributed by atoms with van der Waals surface area (Å²) in [6.07, 6.45) is 0. The van der Waals surface area contributed by atoms with Crippen molar-refractivity contribution in [1.29, 1.82) is 0 Å². The third kappa shape index (κ3) is 2.83. The molecule has 0 fully saturated rings. The molecule has 2 N–H and O–H groups in total. The molecule has 0 saturated heterocycles. The largest absolute Gasteiger partial charge is 0.496 e. The topological polar surface area (TPSA) is 71.2 Å². The molecular formula is C21H20N4O2. The molecule has 0 spiro atoms. The first-order valence-corrected chi connectivity index (χ1v) is 9.11. The number of hydrogen-bond acceptors (Lipinski definition) is 6. The van der Waals surface area contributed by atoms with Crippen LogP contribution in [0, 0.1) is 0 Å². The molecule has 0 bridgehead atoms. The average Bonchev–Trinajstić information content (AvgIpc) is 3.48. The number of rotatable bonds is 4. The van der Waals surface area contributed by atoms with E-state index in [2.05, 4.69) is 38.8 Å². The smallest absolute Gasteiger partial charge is 0.139 e. The van der Waals surface area contributed by atoms with E-state index >= 15 is 0 Å². The number of amidine groups is 2. The highest BCUT2D eigenvalue weighted by Gasteiger charge is 2.17. The second-order valence-corrected chi connectivity index (χ2v) is 6.59. The second-order valence-electron chi connectivity index (χ2n) is 6.59. The quantitative estimate of drug-likeness (QED) is 0.751. The van der Waals surface area contributed by atoms with E-state index in [1.807, 2.05) is 24.3 Å². The Labute approximate surface area is 157 Å². The van der Waals surface area contributed by atoms with Gasteiger partial charge in [0.15, 0.2) is 0 Å². The van der Waals surface area contributed by atoms with Gasteiger partial charge in [0.2, 0.25) is 0 Å². The summed E-state index contributed by atoms with van der Waals surface area (Å²) in [5.74, 6) is 3.42. The first kappa shape index (κ1) is 15.9. The van der Waals surface area contributed by atoms with E-state index in [0.717, 1.165) is 77.0 Å². The number of hydrogen-bond donors (Lipinski definition) is 2. The Bertz CT molecular complexity index is 1080. The summed E-state index contributed by atoms with van der Waals surface area (Å²) in [6.45, 7) is 3.40. The molecule has 0 unspecified atom stereocenters. The summed E-state index contributed by atoms with van der Waals surface area (Å²) in [7, 11) is 1.68. The zero-order valence-electron chi connectivity index (χ0n) is 15.1. The molecule has 0 saturated carbocycles. The number of furan rings is 1. The number of methoxy groups -OCH3 is 1. The van der Waals surface area contributed by atoms with Crippen LogP contribution in [0.25, 0.3) is 22.3 Å².